The van der Waals surface area contributed by atoms with Crippen molar-refractivity contribution in [2.45, 2.75) is 32.6 Å². The molecule has 21 heavy (non-hydrogen) atoms. The molecule has 1 aromatic rings. The van der Waals surface area contributed by atoms with E-state index in [2.05, 4.69) is 22.1 Å². The summed E-state index contributed by atoms with van der Waals surface area (Å²) >= 11 is 1.37. The minimum absolute atomic E-state index is 0.158. The van der Waals surface area contributed by atoms with Crippen molar-refractivity contribution in [3.8, 4) is 0 Å². The molecule has 1 saturated heterocycles. The third kappa shape index (κ3) is 4.57. The Morgan fingerprint density at radius 1 is 1.43 bits per heavy atom. The number of carbonyl (C=O) groups is 1. The van der Waals surface area contributed by atoms with Crippen LogP contribution in [0.25, 0.3) is 0 Å². The smallest absolute Gasteiger partial charge is 0.265 e. The Labute approximate surface area is 129 Å². The summed E-state index contributed by atoms with van der Waals surface area (Å²) < 4.78 is 5.41. The summed E-state index contributed by atoms with van der Waals surface area (Å²) in [4.78, 5) is 19.1. The molecular formula is C14H24N4O2S. The molecule has 6 nitrogen and oxygen atoms in total. The van der Waals surface area contributed by atoms with Gasteiger partial charge >= 0.3 is 0 Å². The number of nitrogens with zero attached hydrogens (tertiary/aromatic N) is 2. The van der Waals surface area contributed by atoms with Crippen LogP contribution in [0.4, 0.5) is 10.9 Å². The fraction of sp³-hybridized carbons (Fsp3) is 0.714. The van der Waals surface area contributed by atoms with E-state index in [1.807, 2.05) is 0 Å². The van der Waals surface area contributed by atoms with Gasteiger partial charge < -0.3 is 20.7 Å². The quantitative estimate of drug-likeness (QED) is 0.716. The number of carbonyl (C=O) groups excluding carboxylic acids is 1. The highest BCUT2D eigenvalue weighted by molar-refractivity contribution is 7.18. The predicted octanol–water partition coefficient (Wildman–Crippen LogP) is 1.87. The summed E-state index contributed by atoms with van der Waals surface area (Å²) in [7, 11) is 0. The Balaban J connectivity index is 1.79. The molecule has 1 amide bonds. The van der Waals surface area contributed by atoms with Gasteiger partial charge in [-0.1, -0.05) is 24.7 Å². The Bertz CT molecular complexity index is 458. The van der Waals surface area contributed by atoms with Crippen molar-refractivity contribution in [3.05, 3.63) is 4.88 Å². The van der Waals surface area contributed by atoms with Crippen molar-refractivity contribution in [2.24, 2.45) is 0 Å². The van der Waals surface area contributed by atoms with Gasteiger partial charge in [0.05, 0.1) is 6.61 Å². The molecule has 3 N–H and O–H groups in total. The van der Waals surface area contributed by atoms with Gasteiger partial charge in [-0.2, -0.15) is 0 Å². The molecule has 0 saturated carbocycles. The zero-order valence-corrected chi connectivity index (χ0v) is 13.4. The molecule has 0 aliphatic carbocycles. The summed E-state index contributed by atoms with van der Waals surface area (Å²) in [6, 6.07) is 0. The van der Waals surface area contributed by atoms with Crippen molar-refractivity contribution in [3.63, 3.8) is 0 Å². The van der Waals surface area contributed by atoms with Gasteiger partial charge in [0, 0.05) is 26.2 Å². The molecule has 0 aromatic carbocycles. The fourth-order valence-corrected chi connectivity index (χ4v) is 3.15. The van der Waals surface area contributed by atoms with Gasteiger partial charge in [-0.15, -0.1) is 0 Å². The largest absolute Gasteiger partial charge is 0.382 e. The van der Waals surface area contributed by atoms with Crippen LogP contribution in [0.15, 0.2) is 0 Å². The van der Waals surface area contributed by atoms with Crippen LogP contribution in [0.3, 0.4) is 0 Å². The highest BCUT2D eigenvalue weighted by Crippen LogP contribution is 2.30. The van der Waals surface area contributed by atoms with Gasteiger partial charge in [0.15, 0.2) is 5.13 Å². The second-order valence-corrected chi connectivity index (χ2v) is 6.10. The van der Waals surface area contributed by atoms with E-state index >= 15 is 0 Å². The molecule has 0 radical (unpaired) electrons. The molecular weight excluding hydrogens is 288 g/mol. The first-order chi connectivity index (χ1) is 10.2. The fourth-order valence-electron chi connectivity index (χ4n) is 2.19. The lowest BCUT2D eigenvalue weighted by molar-refractivity contribution is 0.0917. The zero-order valence-electron chi connectivity index (χ0n) is 12.6. The molecule has 2 rings (SSSR count). The molecule has 7 heteroatoms. The number of rotatable bonds is 8. The van der Waals surface area contributed by atoms with Crippen molar-refractivity contribution >= 4 is 28.2 Å². The number of anilines is 2. The van der Waals surface area contributed by atoms with Crippen molar-refractivity contribution in [1.82, 2.24) is 10.3 Å². The number of nitrogens with one attached hydrogen (secondary N) is 1. The van der Waals surface area contributed by atoms with E-state index in [0.29, 0.717) is 23.8 Å². The SMILES string of the molecule is CCCCOCCNC(=O)c1sc(N2CCCC2)nc1N. The van der Waals surface area contributed by atoms with E-state index in [9.17, 15) is 4.79 Å². The van der Waals surface area contributed by atoms with Crippen LogP contribution in [-0.4, -0.2) is 43.7 Å². The average molecular weight is 312 g/mol. The summed E-state index contributed by atoms with van der Waals surface area (Å²) in [5, 5.41) is 3.68. The number of ether oxygens (including phenoxy) is 1. The first-order valence-corrected chi connectivity index (χ1v) is 8.41. The number of thiazole rings is 1. The van der Waals surface area contributed by atoms with E-state index in [4.69, 9.17) is 10.5 Å². The lowest BCUT2D eigenvalue weighted by Gasteiger charge is -2.11. The van der Waals surface area contributed by atoms with E-state index in [1.54, 1.807) is 0 Å². The van der Waals surface area contributed by atoms with Crippen LogP contribution in [0.1, 0.15) is 42.3 Å². The van der Waals surface area contributed by atoms with Crippen LogP contribution >= 0.6 is 11.3 Å². The van der Waals surface area contributed by atoms with Crippen LogP contribution in [0, 0.1) is 0 Å². The average Bonchev–Trinajstić information content (AvgIpc) is 3.11. The predicted molar refractivity (Wildman–Crippen MR) is 86.0 cm³/mol. The Morgan fingerprint density at radius 3 is 2.90 bits per heavy atom. The normalized spacial score (nSPS) is 14.6. The first kappa shape index (κ1) is 16.0. The molecule has 0 spiro atoms. The third-order valence-electron chi connectivity index (χ3n) is 3.40. The Hall–Kier alpha value is -1.34. The zero-order chi connectivity index (χ0) is 15.1. The van der Waals surface area contributed by atoms with Crippen LogP contribution in [-0.2, 0) is 4.74 Å². The van der Waals surface area contributed by atoms with Crippen molar-refractivity contribution < 1.29 is 9.53 Å². The minimum atomic E-state index is -0.158. The molecule has 118 valence electrons. The maximum atomic E-state index is 12.1. The molecule has 1 aliphatic rings. The number of hydrogen-bond donors (Lipinski definition) is 2. The molecule has 0 atom stereocenters. The maximum Gasteiger partial charge on any atom is 0.265 e. The standard InChI is InChI=1S/C14H24N4O2S/c1-2-3-9-20-10-6-16-13(19)11-12(15)17-14(21-11)18-7-4-5-8-18/h2-10,15H2,1H3,(H,16,19). The third-order valence-corrected chi connectivity index (χ3v) is 4.53. The topological polar surface area (TPSA) is 80.5 Å². The second-order valence-electron chi connectivity index (χ2n) is 5.13. The number of nitrogen functional groups attached to an aromatic ring is 1. The monoisotopic (exact) mass is 312 g/mol. The van der Waals surface area contributed by atoms with Crippen LogP contribution in [0.2, 0.25) is 0 Å². The van der Waals surface area contributed by atoms with Crippen molar-refractivity contribution in [1.29, 1.82) is 0 Å². The maximum absolute atomic E-state index is 12.1. The van der Waals surface area contributed by atoms with Gasteiger partial charge in [-0.25, -0.2) is 4.98 Å². The number of hydrogen-bond acceptors (Lipinski definition) is 6. The van der Waals surface area contributed by atoms with Crippen LogP contribution < -0.4 is 16.0 Å². The number of amides is 1. The lowest BCUT2D eigenvalue weighted by Crippen LogP contribution is -2.27. The van der Waals surface area contributed by atoms with E-state index in [-0.39, 0.29) is 5.91 Å². The number of nitrogens with two attached hydrogens (primary N) is 1. The summed E-state index contributed by atoms with van der Waals surface area (Å²) in [6.07, 6.45) is 4.52. The minimum Gasteiger partial charge on any atom is -0.382 e. The molecule has 1 aromatic heterocycles. The molecule has 0 unspecified atom stereocenters. The highest BCUT2D eigenvalue weighted by atomic mass is 32.1. The van der Waals surface area contributed by atoms with E-state index in [1.165, 1.54) is 24.2 Å². The summed E-state index contributed by atoms with van der Waals surface area (Å²) in [5.41, 5.74) is 5.86. The van der Waals surface area contributed by atoms with Gasteiger partial charge in [0.25, 0.3) is 5.91 Å². The van der Waals surface area contributed by atoms with E-state index < -0.39 is 0 Å². The molecule has 0 bridgehead atoms. The number of aromatic nitrogens is 1. The first-order valence-electron chi connectivity index (χ1n) is 7.59. The number of unbranched alkanes of at least 4 members (excludes halogenated alkanes) is 1. The Morgan fingerprint density at radius 2 is 2.19 bits per heavy atom. The van der Waals surface area contributed by atoms with E-state index in [0.717, 1.165) is 37.7 Å². The highest BCUT2D eigenvalue weighted by Gasteiger charge is 2.21. The summed E-state index contributed by atoms with van der Waals surface area (Å²) in [6.45, 7) is 5.89. The van der Waals surface area contributed by atoms with Crippen LogP contribution in [0.5, 0.6) is 0 Å². The molecule has 1 fully saturated rings. The van der Waals surface area contributed by atoms with Gasteiger partial charge in [-0.3, -0.25) is 4.79 Å². The lowest BCUT2D eigenvalue weighted by atomic mass is 10.4. The summed E-state index contributed by atoms with van der Waals surface area (Å²) in [5.74, 6) is 0.167. The van der Waals surface area contributed by atoms with Gasteiger partial charge in [0.1, 0.15) is 10.7 Å². The second kappa shape index (κ2) is 8.19. The van der Waals surface area contributed by atoms with Gasteiger partial charge in [-0.05, 0) is 19.3 Å². The van der Waals surface area contributed by atoms with Crippen molar-refractivity contribution in [2.75, 3.05) is 43.5 Å². The molecule has 1 aliphatic heterocycles. The molecule has 2 heterocycles. The van der Waals surface area contributed by atoms with Gasteiger partial charge in [0.2, 0.25) is 0 Å². The Kier molecular flexibility index (Phi) is 6.25.